The third-order valence-corrected chi connectivity index (χ3v) is 6.62. The van der Waals surface area contributed by atoms with Crippen LogP contribution in [-0.2, 0) is 14.6 Å². The van der Waals surface area contributed by atoms with E-state index in [1.807, 2.05) is 37.3 Å². The van der Waals surface area contributed by atoms with Crippen molar-refractivity contribution in [2.75, 3.05) is 11.5 Å². The smallest absolute Gasteiger partial charge is 0.235 e. The lowest BCUT2D eigenvalue weighted by molar-refractivity contribution is -0.119. The van der Waals surface area contributed by atoms with E-state index in [9.17, 15) is 13.2 Å². The molecule has 0 radical (unpaired) electrons. The van der Waals surface area contributed by atoms with E-state index < -0.39 is 15.6 Å². The van der Waals surface area contributed by atoms with Crippen molar-refractivity contribution in [3.05, 3.63) is 35.9 Å². The Balaban J connectivity index is 2.02. The molecule has 5 heteroatoms. The molecule has 2 rings (SSSR count). The molecular weight excluding hydrogens is 334 g/mol. The van der Waals surface area contributed by atoms with Gasteiger partial charge < -0.3 is 5.32 Å². The average Bonchev–Trinajstić information content (AvgIpc) is 2.61. The van der Waals surface area contributed by atoms with Gasteiger partial charge in [0.1, 0.15) is 5.75 Å². The molecule has 1 aliphatic rings. The van der Waals surface area contributed by atoms with Crippen LogP contribution in [0.5, 0.6) is 0 Å². The van der Waals surface area contributed by atoms with Crippen molar-refractivity contribution < 1.29 is 13.2 Å². The van der Waals surface area contributed by atoms with Crippen LogP contribution in [0, 0.1) is 5.92 Å². The SMILES string of the molecule is CCCCCS(=O)(=O)CC(=O)NC(c1ccccc1)C1CCCCC1. The third-order valence-electron chi connectivity index (χ3n) is 5.01. The van der Waals surface area contributed by atoms with Crippen LogP contribution in [0.25, 0.3) is 0 Å². The maximum Gasteiger partial charge on any atom is 0.235 e. The van der Waals surface area contributed by atoms with Crippen molar-refractivity contribution >= 4 is 15.7 Å². The Morgan fingerprint density at radius 2 is 1.80 bits per heavy atom. The normalized spacial score (nSPS) is 17.2. The van der Waals surface area contributed by atoms with Crippen LogP contribution < -0.4 is 5.32 Å². The summed E-state index contributed by atoms with van der Waals surface area (Å²) in [5, 5.41) is 3.03. The predicted octanol–water partition coefficient (Wildman–Crippen LogP) is 4.03. The maximum atomic E-state index is 12.4. The Bertz CT molecular complexity index is 622. The molecule has 25 heavy (non-hydrogen) atoms. The van der Waals surface area contributed by atoms with Crippen molar-refractivity contribution in [2.45, 2.75) is 64.3 Å². The van der Waals surface area contributed by atoms with Gasteiger partial charge in [0.2, 0.25) is 5.91 Å². The van der Waals surface area contributed by atoms with Crippen molar-refractivity contribution in [3.8, 4) is 0 Å². The van der Waals surface area contributed by atoms with Crippen LogP contribution in [0.15, 0.2) is 30.3 Å². The Hall–Kier alpha value is -1.36. The molecule has 1 aliphatic carbocycles. The summed E-state index contributed by atoms with van der Waals surface area (Å²) in [4.78, 5) is 12.4. The zero-order valence-corrected chi connectivity index (χ0v) is 16.1. The van der Waals surface area contributed by atoms with Crippen LogP contribution >= 0.6 is 0 Å². The molecule has 0 spiro atoms. The fraction of sp³-hybridized carbons (Fsp3) is 0.650. The van der Waals surface area contributed by atoms with Gasteiger partial charge in [-0.15, -0.1) is 0 Å². The molecule has 0 aromatic heterocycles. The molecule has 1 aromatic carbocycles. The van der Waals surface area contributed by atoms with Crippen LogP contribution in [0.1, 0.15) is 69.9 Å². The molecule has 1 N–H and O–H groups in total. The van der Waals surface area contributed by atoms with Gasteiger partial charge in [-0.1, -0.05) is 69.4 Å². The van der Waals surface area contributed by atoms with Crippen molar-refractivity contribution in [2.24, 2.45) is 5.92 Å². The van der Waals surface area contributed by atoms with E-state index in [1.165, 1.54) is 19.3 Å². The highest BCUT2D eigenvalue weighted by Crippen LogP contribution is 2.34. The number of rotatable bonds is 9. The van der Waals surface area contributed by atoms with E-state index in [-0.39, 0.29) is 17.7 Å². The highest BCUT2D eigenvalue weighted by molar-refractivity contribution is 7.92. The van der Waals surface area contributed by atoms with Gasteiger partial charge in [-0.25, -0.2) is 8.42 Å². The van der Waals surface area contributed by atoms with Crippen LogP contribution in [-0.4, -0.2) is 25.8 Å². The summed E-state index contributed by atoms with van der Waals surface area (Å²) < 4.78 is 24.3. The van der Waals surface area contributed by atoms with Gasteiger partial charge in [0, 0.05) is 0 Å². The second kappa shape index (κ2) is 9.95. The zero-order valence-electron chi connectivity index (χ0n) is 15.2. The highest BCUT2D eigenvalue weighted by Gasteiger charge is 2.27. The predicted molar refractivity (Wildman–Crippen MR) is 102 cm³/mol. The average molecular weight is 366 g/mol. The van der Waals surface area contributed by atoms with Gasteiger partial charge in [-0.05, 0) is 30.7 Å². The Labute approximate surface area is 152 Å². The summed E-state index contributed by atoms with van der Waals surface area (Å²) >= 11 is 0. The van der Waals surface area contributed by atoms with E-state index >= 15 is 0 Å². The first-order valence-corrected chi connectivity index (χ1v) is 11.4. The lowest BCUT2D eigenvalue weighted by atomic mass is 9.81. The van der Waals surface area contributed by atoms with Crippen LogP contribution in [0.3, 0.4) is 0 Å². The van der Waals surface area contributed by atoms with Crippen molar-refractivity contribution in [3.63, 3.8) is 0 Å². The molecule has 0 saturated heterocycles. The number of unbranched alkanes of at least 4 members (excludes halogenated alkanes) is 2. The highest BCUT2D eigenvalue weighted by atomic mass is 32.2. The molecule has 0 bridgehead atoms. The van der Waals surface area contributed by atoms with Crippen molar-refractivity contribution in [1.82, 2.24) is 5.32 Å². The van der Waals surface area contributed by atoms with Crippen LogP contribution in [0.2, 0.25) is 0 Å². The number of sulfone groups is 1. The number of nitrogens with one attached hydrogen (secondary N) is 1. The Kier molecular flexibility index (Phi) is 7.94. The number of hydrogen-bond acceptors (Lipinski definition) is 3. The summed E-state index contributed by atoms with van der Waals surface area (Å²) in [5.41, 5.74) is 1.08. The second-order valence-corrected chi connectivity index (χ2v) is 9.34. The number of amides is 1. The first-order valence-electron chi connectivity index (χ1n) is 9.56. The van der Waals surface area contributed by atoms with Gasteiger partial charge >= 0.3 is 0 Å². The largest absolute Gasteiger partial charge is 0.348 e. The molecule has 1 fully saturated rings. The standard InChI is InChI=1S/C20H31NO3S/c1-2-3-10-15-25(23,24)16-19(22)21-20(17-11-6-4-7-12-17)18-13-8-5-9-14-18/h4,6-7,11-12,18,20H,2-3,5,8-10,13-16H2,1H3,(H,21,22). The second-order valence-electron chi connectivity index (χ2n) is 7.15. The van der Waals surface area contributed by atoms with Gasteiger partial charge in [-0.3, -0.25) is 4.79 Å². The summed E-state index contributed by atoms with van der Waals surface area (Å²) in [5.74, 6) is -0.265. The zero-order chi connectivity index (χ0) is 18.1. The summed E-state index contributed by atoms with van der Waals surface area (Å²) in [6.07, 6.45) is 8.27. The minimum Gasteiger partial charge on any atom is -0.348 e. The van der Waals surface area contributed by atoms with Crippen molar-refractivity contribution in [1.29, 1.82) is 0 Å². The molecule has 1 amide bonds. The first-order chi connectivity index (χ1) is 12.0. The van der Waals surface area contributed by atoms with E-state index in [4.69, 9.17) is 0 Å². The molecule has 1 unspecified atom stereocenters. The minimum atomic E-state index is -3.32. The van der Waals surface area contributed by atoms with Gasteiger partial charge in [0.25, 0.3) is 0 Å². The lowest BCUT2D eigenvalue weighted by Crippen LogP contribution is -2.38. The number of carbonyl (C=O) groups is 1. The number of hydrogen-bond donors (Lipinski definition) is 1. The van der Waals surface area contributed by atoms with Gasteiger partial charge in [0.15, 0.2) is 9.84 Å². The Morgan fingerprint density at radius 1 is 1.12 bits per heavy atom. The molecule has 1 saturated carbocycles. The fourth-order valence-corrected chi connectivity index (χ4v) is 4.93. The van der Waals surface area contributed by atoms with E-state index in [1.54, 1.807) is 0 Å². The van der Waals surface area contributed by atoms with Gasteiger partial charge in [-0.2, -0.15) is 0 Å². The number of benzene rings is 1. The van der Waals surface area contributed by atoms with Gasteiger partial charge in [0.05, 0.1) is 11.8 Å². The minimum absolute atomic E-state index is 0.0835. The molecule has 1 atom stereocenters. The fourth-order valence-electron chi connectivity index (χ4n) is 3.66. The summed E-state index contributed by atoms with van der Waals surface area (Å²) in [6.45, 7) is 2.04. The van der Waals surface area contributed by atoms with E-state index in [0.717, 1.165) is 31.2 Å². The summed E-state index contributed by atoms with van der Waals surface area (Å²) in [6, 6.07) is 9.86. The molecule has 0 heterocycles. The molecule has 0 aliphatic heterocycles. The quantitative estimate of drug-likeness (QED) is 0.672. The monoisotopic (exact) mass is 365 g/mol. The topological polar surface area (TPSA) is 63.2 Å². The van der Waals surface area contributed by atoms with E-state index in [2.05, 4.69) is 5.32 Å². The molecule has 1 aromatic rings. The third kappa shape index (κ3) is 6.81. The van der Waals surface area contributed by atoms with Crippen LogP contribution in [0.4, 0.5) is 0 Å². The summed E-state index contributed by atoms with van der Waals surface area (Å²) in [7, 11) is -3.32. The lowest BCUT2D eigenvalue weighted by Gasteiger charge is -2.31. The van der Waals surface area contributed by atoms with E-state index in [0.29, 0.717) is 12.3 Å². The Morgan fingerprint density at radius 3 is 2.44 bits per heavy atom. The maximum absolute atomic E-state index is 12.4. The first kappa shape index (κ1) is 20.0. The molecular formula is C20H31NO3S. The number of carbonyl (C=O) groups excluding carboxylic acids is 1. The molecule has 140 valence electrons. The molecule has 4 nitrogen and oxygen atoms in total.